The molecule has 0 radical (unpaired) electrons. The molecule has 5 heteroatoms. The van der Waals surface area contributed by atoms with Crippen molar-refractivity contribution in [1.82, 2.24) is 9.80 Å². The van der Waals surface area contributed by atoms with Gasteiger partial charge in [-0.05, 0) is 38.0 Å². The highest BCUT2D eigenvalue weighted by Gasteiger charge is 2.34. The Labute approximate surface area is 139 Å². The van der Waals surface area contributed by atoms with Gasteiger partial charge in [0.25, 0.3) is 0 Å². The van der Waals surface area contributed by atoms with Crippen molar-refractivity contribution in [3.63, 3.8) is 0 Å². The lowest BCUT2D eigenvalue weighted by Gasteiger charge is -2.38. The molecule has 1 aliphatic carbocycles. The first kappa shape index (κ1) is 16.7. The lowest BCUT2D eigenvalue weighted by atomic mass is 9.87. The van der Waals surface area contributed by atoms with Gasteiger partial charge in [-0.3, -0.25) is 9.59 Å². The molecule has 3 rings (SSSR count). The molecule has 1 atom stereocenters. The maximum Gasteiger partial charge on any atom is 0.227 e. The van der Waals surface area contributed by atoms with Gasteiger partial charge < -0.3 is 14.9 Å². The van der Waals surface area contributed by atoms with Gasteiger partial charge in [-0.15, -0.1) is 0 Å². The molecule has 5 nitrogen and oxygen atoms in total. The van der Waals surface area contributed by atoms with Crippen molar-refractivity contribution in [1.29, 1.82) is 0 Å². The number of carbonyl (C=O) groups excluding carboxylic acids is 2. The van der Waals surface area contributed by atoms with E-state index in [0.29, 0.717) is 51.2 Å². The third-order valence-corrected chi connectivity index (χ3v) is 5.83. The van der Waals surface area contributed by atoms with Crippen molar-refractivity contribution >= 4 is 11.8 Å². The zero-order valence-electron chi connectivity index (χ0n) is 14.1. The summed E-state index contributed by atoms with van der Waals surface area (Å²) < 4.78 is 0. The Hall–Kier alpha value is -1.10. The van der Waals surface area contributed by atoms with E-state index in [1.54, 1.807) is 0 Å². The minimum atomic E-state index is -0.255. The van der Waals surface area contributed by atoms with E-state index in [9.17, 15) is 14.7 Å². The summed E-state index contributed by atoms with van der Waals surface area (Å²) in [4.78, 5) is 28.8. The fourth-order valence-electron chi connectivity index (χ4n) is 4.32. The average molecular weight is 322 g/mol. The fraction of sp³-hybridized carbons (Fsp3) is 0.889. The lowest BCUT2D eigenvalue weighted by Crippen LogP contribution is -2.50. The molecular formula is C18H30N2O3. The zero-order chi connectivity index (χ0) is 16.2. The smallest absolute Gasteiger partial charge is 0.227 e. The Balaban J connectivity index is 1.54. The van der Waals surface area contributed by atoms with Gasteiger partial charge in [0, 0.05) is 32.6 Å². The summed E-state index contributed by atoms with van der Waals surface area (Å²) in [5, 5.41) is 9.59. The fourth-order valence-corrected chi connectivity index (χ4v) is 4.32. The second-order valence-electron chi connectivity index (χ2n) is 7.59. The van der Waals surface area contributed by atoms with Crippen molar-refractivity contribution in [2.24, 2.45) is 11.8 Å². The highest BCUT2D eigenvalue weighted by atomic mass is 16.3. The summed E-state index contributed by atoms with van der Waals surface area (Å²) >= 11 is 0. The molecule has 3 fully saturated rings. The number of nitrogens with zero attached hydrogens (tertiary/aromatic N) is 2. The molecule has 0 unspecified atom stereocenters. The normalized spacial score (nSPS) is 28.2. The maximum atomic E-state index is 12.7. The van der Waals surface area contributed by atoms with Crippen LogP contribution >= 0.6 is 0 Å². The first-order valence-electron chi connectivity index (χ1n) is 9.38. The van der Waals surface area contributed by atoms with E-state index >= 15 is 0 Å². The molecular weight excluding hydrogens is 292 g/mol. The van der Waals surface area contributed by atoms with Crippen LogP contribution < -0.4 is 0 Å². The van der Waals surface area contributed by atoms with Gasteiger partial charge in [0.05, 0.1) is 12.0 Å². The van der Waals surface area contributed by atoms with Crippen molar-refractivity contribution < 1.29 is 14.7 Å². The van der Waals surface area contributed by atoms with E-state index in [1.165, 1.54) is 32.1 Å². The molecule has 3 aliphatic rings. The molecule has 0 spiro atoms. The number of rotatable bonds is 3. The van der Waals surface area contributed by atoms with Crippen LogP contribution in [0.1, 0.15) is 57.8 Å². The maximum absolute atomic E-state index is 12.7. The summed E-state index contributed by atoms with van der Waals surface area (Å²) in [7, 11) is 0. The van der Waals surface area contributed by atoms with Crippen LogP contribution in [0.4, 0.5) is 0 Å². The first-order valence-corrected chi connectivity index (χ1v) is 9.38. The Morgan fingerprint density at radius 3 is 2.43 bits per heavy atom. The molecule has 130 valence electrons. The van der Waals surface area contributed by atoms with Gasteiger partial charge >= 0.3 is 0 Å². The van der Waals surface area contributed by atoms with Crippen molar-refractivity contribution in [3.05, 3.63) is 0 Å². The SMILES string of the molecule is O=C1CC[C@@H](C(=O)N2CCC(O)CC2)CN1CC1CCCCC1. The summed E-state index contributed by atoms with van der Waals surface area (Å²) in [5.74, 6) is 1.02. The van der Waals surface area contributed by atoms with E-state index in [-0.39, 0.29) is 23.8 Å². The Morgan fingerprint density at radius 1 is 1.04 bits per heavy atom. The minimum Gasteiger partial charge on any atom is -0.393 e. The predicted octanol–water partition coefficient (Wildman–Crippen LogP) is 1.79. The average Bonchev–Trinajstić information content (AvgIpc) is 2.58. The molecule has 1 saturated carbocycles. The molecule has 2 heterocycles. The predicted molar refractivity (Wildman–Crippen MR) is 87.7 cm³/mol. The number of hydrogen-bond donors (Lipinski definition) is 1. The molecule has 1 N–H and O–H groups in total. The van der Waals surface area contributed by atoms with Crippen LogP contribution in [0, 0.1) is 11.8 Å². The van der Waals surface area contributed by atoms with Crippen LogP contribution in [-0.4, -0.2) is 59.0 Å². The standard InChI is InChI=1S/C18H30N2O3/c21-16-8-10-19(11-9-16)18(23)15-6-7-17(22)20(13-15)12-14-4-2-1-3-5-14/h14-16,21H,1-13H2/t15-/m1/s1. The van der Waals surface area contributed by atoms with E-state index < -0.39 is 0 Å². The second kappa shape index (κ2) is 7.65. The highest BCUT2D eigenvalue weighted by Crippen LogP contribution is 2.28. The van der Waals surface area contributed by atoms with Crippen LogP contribution in [0.5, 0.6) is 0 Å². The number of hydrogen-bond acceptors (Lipinski definition) is 3. The monoisotopic (exact) mass is 322 g/mol. The van der Waals surface area contributed by atoms with E-state index in [1.807, 2.05) is 9.80 Å². The first-order chi connectivity index (χ1) is 11.1. The highest BCUT2D eigenvalue weighted by molar-refractivity contribution is 5.84. The van der Waals surface area contributed by atoms with E-state index in [0.717, 1.165) is 6.54 Å². The molecule has 0 aromatic rings. The molecule has 23 heavy (non-hydrogen) atoms. The van der Waals surface area contributed by atoms with Crippen molar-refractivity contribution in [2.75, 3.05) is 26.2 Å². The van der Waals surface area contributed by atoms with Gasteiger partial charge in [-0.1, -0.05) is 19.3 Å². The van der Waals surface area contributed by atoms with Gasteiger partial charge in [-0.25, -0.2) is 0 Å². The zero-order valence-corrected chi connectivity index (χ0v) is 14.1. The summed E-state index contributed by atoms with van der Waals surface area (Å²) in [6.07, 6.45) is 8.67. The third-order valence-electron chi connectivity index (χ3n) is 5.83. The quantitative estimate of drug-likeness (QED) is 0.862. The summed E-state index contributed by atoms with van der Waals surface area (Å²) in [6.45, 7) is 2.77. The van der Waals surface area contributed by atoms with Crippen LogP contribution in [0.15, 0.2) is 0 Å². The van der Waals surface area contributed by atoms with Gasteiger partial charge in [0.2, 0.25) is 11.8 Å². The van der Waals surface area contributed by atoms with E-state index in [4.69, 9.17) is 0 Å². The third kappa shape index (κ3) is 4.25. The van der Waals surface area contributed by atoms with Gasteiger partial charge in [-0.2, -0.15) is 0 Å². The topological polar surface area (TPSA) is 60.9 Å². The van der Waals surface area contributed by atoms with Crippen LogP contribution in [0.25, 0.3) is 0 Å². The largest absolute Gasteiger partial charge is 0.393 e. The number of carbonyl (C=O) groups is 2. The molecule has 0 aromatic heterocycles. The number of amides is 2. The van der Waals surface area contributed by atoms with Crippen LogP contribution in [-0.2, 0) is 9.59 Å². The number of likely N-dealkylation sites (tertiary alicyclic amines) is 2. The van der Waals surface area contributed by atoms with E-state index in [2.05, 4.69) is 0 Å². The van der Waals surface area contributed by atoms with Crippen molar-refractivity contribution in [3.8, 4) is 0 Å². The lowest BCUT2D eigenvalue weighted by molar-refractivity contribution is -0.144. The Morgan fingerprint density at radius 2 is 1.74 bits per heavy atom. The number of aliphatic hydroxyl groups excluding tert-OH is 1. The van der Waals surface area contributed by atoms with Gasteiger partial charge in [0.15, 0.2) is 0 Å². The number of aliphatic hydroxyl groups is 1. The Bertz CT molecular complexity index is 426. The van der Waals surface area contributed by atoms with Gasteiger partial charge in [0.1, 0.15) is 0 Å². The van der Waals surface area contributed by atoms with Crippen LogP contribution in [0.2, 0.25) is 0 Å². The second-order valence-corrected chi connectivity index (χ2v) is 7.59. The molecule has 2 aliphatic heterocycles. The molecule has 2 saturated heterocycles. The molecule has 0 aromatic carbocycles. The minimum absolute atomic E-state index is 0.0356. The van der Waals surface area contributed by atoms with Crippen LogP contribution in [0.3, 0.4) is 0 Å². The molecule has 0 bridgehead atoms. The molecule has 2 amide bonds. The summed E-state index contributed by atoms with van der Waals surface area (Å²) in [6, 6.07) is 0. The Kier molecular flexibility index (Phi) is 5.57. The summed E-state index contributed by atoms with van der Waals surface area (Å²) in [5.41, 5.74) is 0. The van der Waals surface area contributed by atoms with Crippen molar-refractivity contribution in [2.45, 2.75) is 63.9 Å². The number of piperidine rings is 2.